The number of amidine groups is 1. The summed E-state index contributed by atoms with van der Waals surface area (Å²) in [7, 11) is 0. The lowest BCUT2D eigenvalue weighted by atomic mass is 10.0. The Morgan fingerprint density at radius 3 is 2.83 bits per heavy atom. The number of ether oxygens (including phenoxy) is 1. The number of rotatable bonds is 4. The van der Waals surface area contributed by atoms with Crippen molar-refractivity contribution >= 4 is 17.9 Å². The van der Waals surface area contributed by atoms with Crippen LogP contribution in [0.25, 0.3) is 0 Å². The van der Waals surface area contributed by atoms with Crippen molar-refractivity contribution in [1.29, 1.82) is 0 Å². The topological polar surface area (TPSA) is 136 Å². The van der Waals surface area contributed by atoms with Crippen LogP contribution in [-0.2, 0) is 4.74 Å². The number of fused-ring (bicyclic) bond motifs is 1. The molecule has 1 fully saturated rings. The van der Waals surface area contributed by atoms with Crippen molar-refractivity contribution in [3.8, 4) is 0 Å². The van der Waals surface area contributed by atoms with E-state index in [1.165, 1.54) is 6.34 Å². The zero-order valence-electron chi connectivity index (χ0n) is 13.6. The van der Waals surface area contributed by atoms with Crippen LogP contribution < -0.4 is 5.73 Å². The fourth-order valence-corrected chi connectivity index (χ4v) is 2.90. The average molecular weight is 337 g/mol. The maximum atomic E-state index is 10.2. The molecule has 0 spiro atoms. The van der Waals surface area contributed by atoms with Crippen LogP contribution in [0.1, 0.15) is 13.8 Å². The van der Waals surface area contributed by atoms with Gasteiger partial charge in [0.05, 0.1) is 6.61 Å². The van der Waals surface area contributed by atoms with Crippen LogP contribution in [0, 0.1) is 5.92 Å². The Hall–Kier alpha value is -1.65. The van der Waals surface area contributed by atoms with Gasteiger partial charge in [-0.25, -0.2) is 9.98 Å². The second-order valence-electron chi connectivity index (χ2n) is 6.47. The molecule has 5 N–H and O–H groups in total. The van der Waals surface area contributed by atoms with Gasteiger partial charge in [0.1, 0.15) is 37.0 Å². The molecule has 3 aliphatic heterocycles. The molecule has 0 saturated carbocycles. The molecule has 132 valence electrons. The van der Waals surface area contributed by atoms with Gasteiger partial charge in [-0.3, -0.25) is 10.7 Å². The molecule has 9 heteroatoms. The lowest BCUT2D eigenvalue weighted by Crippen LogP contribution is -2.54. The van der Waals surface area contributed by atoms with Crippen molar-refractivity contribution in [2.24, 2.45) is 26.6 Å². The molecular weight excluding hydrogens is 314 g/mol. The zero-order chi connectivity index (χ0) is 17.5. The Balaban J connectivity index is 1.83. The minimum atomic E-state index is -1.18. The molecular formula is C15H23N5O4. The number of aliphatic imine (C=N–C) groups is 3. The van der Waals surface area contributed by atoms with Crippen LogP contribution in [0.5, 0.6) is 0 Å². The molecule has 1 unspecified atom stereocenters. The van der Waals surface area contributed by atoms with Crippen molar-refractivity contribution in [2.45, 2.75) is 44.1 Å². The predicted octanol–water partition coefficient (Wildman–Crippen LogP) is -1.55. The molecule has 0 bridgehead atoms. The maximum absolute atomic E-state index is 10.2. The summed E-state index contributed by atoms with van der Waals surface area (Å²) in [5.41, 5.74) is 5.72. The molecule has 3 rings (SSSR count). The van der Waals surface area contributed by atoms with Gasteiger partial charge in [0, 0.05) is 0 Å². The summed E-state index contributed by atoms with van der Waals surface area (Å²) in [6, 6.07) is 0. The summed E-state index contributed by atoms with van der Waals surface area (Å²) < 4.78 is 5.55. The van der Waals surface area contributed by atoms with Crippen molar-refractivity contribution < 1.29 is 20.1 Å². The van der Waals surface area contributed by atoms with Gasteiger partial charge in [-0.05, 0) is 12.0 Å². The van der Waals surface area contributed by atoms with Gasteiger partial charge in [0.15, 0.2) is 17.7 Å². The van der Waals surface area contributed by atoms with Crippen molar-refractivity contribution in [3.05, 3.63) is 12.2 Å². The Morgan fingerprint density at radius 2 is 2.21 bits per heavy atom. The molecule has 0 aromatic rings. The number of aliphatic hydroxyl groups is 3. The number of hydrogen-bond donors (Lipinski definition) is 4. The van der Waals surface area contributed by atoms with Crippen molar-refractivity contribution in [3.63, 3.8) is 0 Å². The van der Waals surface area contributed by atoms with Gasteiger partial charge in [-0.1, -0.05) is 19.9 Å². The van der Waals surface area contributed by atoms with Crippen molar-refractivity contribution in [2.75, 3.05) is 13.3 Å². The van der Waals surface area contributed by atoms with Crippen LogP contribution in [-0.4, -0.2) is 81.6 Å². The monoisotopic (exact) mass is 337 g/mol. The van der Waals surface area contributed by atoms with Gasteiger partial charge >= 0.3 is 0 Å². The molecule has 0 radical (unpaired) electrons. The average Bonchev–Trinajstić information content (AvgIpc) is 3.09. The molecule has 3 heterocycles. The summed E-state index contributed by atoms with van der Waals surface area (Å²) in [6.07, 6.45) is 1.01. The highest BCUT2D eigenvalue weighted by atomic mass is 16.6. The van der Waals surface area contributed by atoms with E-state index in [9.17, 15) is 15.3 Å². The smallest absolute Gasteiger partial charge is 0.174 e. The molecule has 3 aliphatic rings. The molecule has 0 aromatic carbocycles. The summed E-state index contributed by atoms with van der Waals surface area (Å²) >= 11 is 0. The number of hydrogen-bond acceptors (Lipinski definition) is 9. The number of allylic oxidation sites excluding steroid dienone is 1. The van der Waals surface area contributed by atoms with Gasteiger partial charge in [-0.2, -0.15) is 0 Å². The molecule has 9 nitrogen and oxygen atoms in total. The second-order valence-corrected chi connectivity index (χ2v) is 6.47. The van der Waals surface area contributed by atoms with Crippen LogP contribution in [0.4, 0.5) is 0 Å². The molecule has 0 aliphatic carbocycles. The van der Waals surface area contributed by atoms with E-state index in [0.29, 0.717) is 17.5 Å². The third-order valence-corrected chi connectivity index (χ3v) is 4.26. The molecule has 5 atom stereocenters. The van der Waals surface area contributed by atoms with E-state index in [1.807, 2.05) is 19.9 Å². The summed E-state index contributed by atoms with van der Waals surface area (Å²) in [5.74, 6) is 0.761. The fourth-order valence-electron chi connectivity index (χ4n) is 2.90. The third kappa shape index (κ3) is 2.78. The zero-order valence-corrected chi connectivity index (χ0v) is 13.6. The first kappa shape index (κ1) is 17.2. The first-order valence-electron chi connectivity index (χ1n) is 7.91. The van der Waals surface area contributed by atoms with Gasteiger partial charge in [0.25, 0.3) is 0 Å². The Kier molecular flexibility index (Phi) is 4.54. The minimum Gasteiger partial charge on any atom is -0.394 e. The summed E-state index contributed by atoms with van der Waals surface area (Å²) in [5, 5.41) is 29.4. The Morgan fingerprint density at radius 1 is 1.46 bits per heavy atom. The third-order valence-electron chi connectivity index (χ3n) is 4.26. The Labute approximate surface area is 139 Å². The van der Waals surface area contributed by atoms with E-state index in [-0.39, 0.29) is 13.3 Å². The lowest BCUT2D eigenvalue weighted by molar-refractivity contribution is -0.0688. The standard InChI is InChI=1S/C15H23N5O4/c1-8(2)3-4-15(16)12-13(17-6-19-15)20(7-18-12)14-11(23)10(22)9(5-21)24-14/h3-4,6,8-11,14,21-23H,5,7,16H2,1-2H3/t9-,10-,11-,14-,15?/m1/s1. The van der Waals surface area contributed by atoms with E-state index in [4.69, 9.17) is 10.5 Å². The fraction of sp³-hybridized carbons (Fsp3) is 0.667. The number of aliphatic hydroxyl groups excluding tert-OH is 3. The summed E-state index contributed by atoms with van der Waals surface area (Å²) in [4.78, 5) is 14.5. The van der Waals surface area contributed by atoms with E-state index in [2.05, 4.69) is 15.0 Å². The molecule has 24 heavy (non-hydrogen) atoms. The predicted molar refractivity (Wildman–Crippen MR) is 88.7 cm³/mol. The largest absolute Gasteiger partial charge is 0.394 e. The second kappa shape index (κ2) is 6.34. The van der Waals surface area contributed by atoms with Crippen LogP contribution in [0.3, 0.4) is 0 Å². The first-order valence-corrected chi connectivity index (χ1v) is 7.91. The highest BCUT2D eigenvalue weighted by Gasteiger charge is 2.50. The van der Waals surface area contributed by atoms with Crippen molar-refractivity contribution in [1.82, 2.24) is 4.90 Å². The van der Waals surface area contributed by atoms with Gasteiger partial charge < -0.3 is 25.0 Å². The van der Waals surface area contributed by atoms with Crippen LogP contribution in [0.15, 0.2) is 27.1 Å². The maximum Gasteiger partial charge on any atom is 0.174 e. The van der Waals surface area contributed by atoms with E-state index < -0.39 is 30.2 Å². The quantitative estimate of drug-likeness (QED) is 0.458. The number of nitrogens with two attached hydrogens (primary N) is 1. The SMILES string of the molecule is CC(C)C=CC1(N)N=CN=C2C1=NCN2[C@@H]1O[C@H](CO)[C@@H](O)[C@H]1O. The van der Waals surface area contributed by atoms with Crippen LogP contribution >= 0.6 is 0 Å². The number of nitrogens with zero attached hydrogens (tertiary/aromatic N) is 4. The van der Waals surface area contributed by atoms with E-state index in [0.717, 1.165) is 0 Å². The lowest BCUT2D eigenvalue weighted by Gasteiger charge is -2.31. The highest BCUT2D eigenvalue weighted by molar-refractivity contribution is 6.47. The van der Waals surface area contributed by atoms with Crippen LogP contribution in [0.2, 0.25) is 0 Å². The summed E-state index contributed by atoms with van der Waals surface area (Å²) in [6.45, 7) is 3.85. The molecule has 1 saturated heterocycles. The molecule has 0 amide bonds. The molecule has 0 aromatic heterocycles. The van der Waals surface area contributed by atoms with E-state index >= 15 is 0 Å². The minimum absolute atomic E-state index is 0.179. The normalized spacial score (nSPS) is 38.9. The van der Waals surface area contributed by atoms with Gasteiger partial charge in [-0.15, -0.1) is 0 Å². The van der Waals surface area contributed by atoms with E-state index in [1.54, 1.807) is 11.0 Å². The van der Waals surface area contributed by atoms with Gasteiger partial charge in [0.2, 0.25) is 0 Å². The highest BCUT2D eigenvalue weighted by Crippen LogP contribution is 2.29. The first-order chi connectivity index (χ1) is 11.4. The Bertz CT molecular complexity index is 617.